The van der Waals surface area contributed by atoms with Crippen LogP contribution in [0.4, 0.5) is 0 Å². The van der Waals surface area contributed by atoms with Crippen LogP contribution in [-0.2, 0) is 0 Å². The molecule has 6 N–H and O–H groups in total. The van der Waals surface area contributed by atoms with Crippen molar-refractivity contribution in [2.45, 2.75) is 122 Å². The van der Waals surface area contributed by atoms with Gasteiger partial charge in [0.15, 0.2) is 0 Å². The Bertz CT molecular complexity index is 715. The highest BCUT2D eigenvalue weighted by atomic mass is 16.3. The number of aliphatic hydroxyl groups excluding tert-OH is 5. The van der Waals surface area contributed by atoms with E-state index >= 15 is 0 Å². The van der Waals surface area contributed by atoms with Crippen LogP contribution in [0.5, 0.6) is 0 Å². The SMILES string of the molecule is CC(C)C(O)CCC(C)C1CC(O)C2C1(C)CCC1C3(C)CCC(O)C(O)C3C(O)CC12O. The highest BCUT2D eigenvalue weighted by Gasteiger charge is 2.71. The maximum atomic E-state index is 12.3. The fourth-order valence-electron chi connectivity index (χ4n) is 9.48. The van der Waals surface area contributed by atoms with Crippen molar-refractivity contribution in [3.63, 3.8) is 0 Å². The minimum absolute atomic E-state index is 0.120. The van der Waals surface area contributed by atoms with Gasteiger partial charge in [-0.3, -0.25) is 0 Å². The number of hydrogen-bond acceptors (Lipinski definition) is 6. The zero-order valence-electron chi connectivity index (χ0n) is 21.2. The summed E-state index contributed by atoms with van der Waals surface area (Å²) in [6.07, 6.45) is 1.60. The molecular weight excluding hydrogens is 420 g/mol. The third-order valence-corrected chi connectivity index (χ3v) is 11.2. The topological polar surface area (TPSA) is 121 Å². The third-order valence-electron chi connectivity index (χ3n) is 11.2. The number of aliphatic hydroxyl groups is 6. The summed E-state index contributed by atoms with van der Waals surface area (Å²) in [6.45, 7) is 10.6. The highest BCUT2D eigenvalue weighted by Crippen LogP contribution is 2.69. The Kier molecular flexibility index (Phi) is 6.82. The van der Waals surface area contributed by atoms with Crippen molar-refractivity contribution in [2.75, 3.05) is 0 Å². The molecule has 0 aromatic rings. The van der Waals surface area contributed by atoms with E-state index in [9.17, 15) is 30.6 Å². The van der Waals surface area contributed by atoms with Crippen LogP contribution in [0, 0.1) is 46.3 Å². The molecule has 0 bridgehead atoms. The summed E-state index contributed by atoms with van der Waals surface area (Å²) in [5.74, 6) is -0.0861. The van der Waals surface area contributed by atoms with Crippen LogP contribution >= 0.6 is 0 Å². The lowest BCUT2D eigenvalue weighted by molar-refractivity contribution is -0.280. The predicted molar refractivity (Wildman–Crippen MR) is 126 cm³/mol. The van der Waals surface area contributed by atoms with E-state index in [-0.39, 0.29) is 41.6 Å². The summed E-state index contributed by atoms with van der Waals surface area (Å²) in [4.78, 5) is 0. The van der Waals surface area contributed by atoms with Crippen LogP contribution in [0.1, 0.15) is 86.0 Å². The second kappa shape index (κ2) is 8.70. The Morgan fingerprint density at radius 1 is 0.848 bits per heavy atom. The van der Waals surface area contributed by atoms with Crippen molar-refractivity contribution in [3.8, 4) is 0 Å². The number of fused-ring (bicyclic) bond motifs is 5. The van der Waals surface area contributed by atoms with E-state index in [0.29, 0.717) is 25.2 Å². The van der Waals surface area contributed by atoms with Crippen molar-refractivity contribution in [1.29, 1.82) is 0 Å². The molecule has 0 aromatic heterocycles. The molecule has 0 radical (unpaired) electrons. The van der Waals surface area contributed by atoms with E-state index < -0.39 is 41.3 Å². The highest BCUT2D eigenvalue weighted by molar-refractivity contribution is 5.20. The zero-order valence-corrected chi connectivity index (χ0v) is 21.2. The smallest absolute Gasteiger partial charge is 0.0857 e. The molecule has 0 aromatic carbocycles. The predicted octanol–water partition coefficient (Wildman–Crippen LogP) is 2.47. The van der Waals surface area contributed by atoms with Gasteiger partial charge in [0.05, 0.1) is 36.1 Å². The van der Waals surface area contributed by atoms with E-state index in [1.807, 2.05) is 13.8 Å². The average molecular weight is 469 g/mol. The average Bonchev–Trinajstić information content (AvgIpc) is 3.00. The number of hydrogen-bond donors (Lipinski definition) is 6. The van der Waals surface area contributed by atoms with Gasteiger partial charge in [-0.05, 0) is 79.4 Å². The van der Waals surface area contributed by atoms with Crippen LogP contribution in [0.2, 0.25) is 0 Å². The van der Waals surface area contributed by atoms with Gasteiger partial charge in [-0.15, -0.1) is 0 Å². The molecule has 4 fully saturated rings. The summed E-state index contributed by atoms with van der Waals surface area (Å²) in [5.41, 5.74) is -1.90. The molecule has 0 spiro atoms. The first kappa shape index (κ1) is 25.8. The first-order valence-corrected chi connectivity index (χ1v) is 13.4. The monoisotopic (exact) mass is 468 g/mol. The minimum atomic E-state index is -1.19. The van der Waals surface area contributed by atoms with Crippen molar-refractivity contribution in [3.05, 3.63) is 0 Å². The van der Waals surface area contributed by atoms with Gasteiger partial charge in [-0.1, -0.05) is 34.6 Å². The van der Waals surface area contributed by atoms with Gasteiger partial charge in [0.2, 0.25) is 0 Å². The summed E-state index contributed by atoms with van der Waals surface area (Å²) < 4.78 is 0. The standard InChI is InChI=1S/C27H48O6/c1-14(2)17(28)7-6-15(3)16-12-19(30)24-25(16,4)11-9-21-26(5)10-8-18(29)23(32)22(26)20(31)13-27(21,24)33/h14-24,28-33H,6-13H2,1-5H3. The fourth-order valence-corrected chi connectivity index (χ4v) is 9.48. The second-order valence-corrected chi connectivity index (χ2v) is 13.2. The molecule has 13 unspecified atom stereocenters. The molecule has 0 amide bonds. The maximum absolute atomic E-state index is 12.3. The lowest BCUT2D eigenvalue weighted by Crippen LogP contribution is -2.70. The van der Waals surface area contributed by atoms with Crippen molar-refractivity contribution in [2.24, 2.45) is 46.3 Å². The van der Waals surface area contributed by atoms with Gasteiger partial charge < -0.3 is 30.6 Å². The molecule has 6 nitrogen and oxygen atoms in total. The Morgan fingerprint density at radius 2 is 1.48 bits per heavy atom. The van der Waals surface area contributed by atoms with Crippen molar-refractivity contribution in [1.82, 2.24) is 0 Å². The van der Waals surface area contributed by atoms with E-state index in [1.54, 1.807) is 0 Å². The molecular formula is C27H48O6. The van der Waals surface area contributed by atoms with Crippen LogP contribution in [-0.4, -0.2) is 66.8 Å². The quantitative estimate of drug-likeness (QED) is 0.369. The lowest BCUT2D eigenvalue weighted by atomic mass is 9.41. The van der Waals surface area contributed by atoms with Gasteiger partial charge in [-0.2, -0.15) is 0 Å². The first-order valence-electron chi connectivity index (χ1n) is 13.4. The molecule has 0 saturated heterocycles. The van der Waals surface area contributed by atoms with Gasteiger partial charge in [0.1, 0.15) is 0 Å². The molecule has 4 aliphatic carbocycles. The van der Waals surface area contributed by atoms with Gasteiger partial charge >= 0.3 is 0 Å². The first-order chi connectivity index (χ1) is 15.3. The van der Waals surface area contributed by atoms with E-state index in [0.717, 1.165) is 25.7 Å². The van der Waals surface area contributed by atoms with Crippen LogP contribution in [0.25, 0.3) is 0 Å². The second-order valence-electron chi connectivity index (χ2n) is 13.2. The Balaban J connectivity index is 1.61. The van der Waals surface area contributed by atoms with E-state index in [2.05, 4.69) is 20.8 Å². The molecule has 4 aliphatic rings. The Morgan fingerprint density at radius 3 is 2.12 bits per heavy atom. The van der Waals surface area contributed by atoms with Crippen LogP contribution in [0.3, 0.4) is 0 Å². The number of rotatable bonds is 5. The van der Waals surface area contributed by atoms with Gasteiger partial charge in [0, 0.05) is 18.3 Å². The maximum Gasteiger partial charge on any atom is 0.0857 e. The largest absolute Gasteiger partial charge is 0.393 e. The third kappa shape index (κ3) is 3.82. The molecule has 4 rings (SSSR count). The molecule has 13 atom stereocenters. The fraction of sp³-hybridized carbons (Fsp3) is 1.00. The summed E-state index contributed by atoms with van der Waals surface area (Å²) in [6, 6.07) is 0. The lowest BCUT2D eigenvalue weighted by Gasteiger charge is -2.66. The van der Waals surface area contributed by atoms with Crippen molar-refractivity contribution >= 4 is 0 Å². The molecule has 4 saturated carbocycles. The van der Waals surface area contributed by atoms with E-state index in [4.69, 9.17) is 0 Å². The molecule has 0 aliphatic heterocycles. The van der Waals surface area contributed by atoms with Crippen LogP contribution < -0.4 is 0 Å². The van der Waals surface area contributed by atoms with E-state index in [1.165, 1.54) is 0 Å². The summed E-state index contributed by atoms with van der Waals surface area (Å²) in [5, 5.41) is 66.2. The summed E-state index contributed by atoms with van der Waals surface area (Å²) in [7, 11) is 0. The summed E-state index contributed by atoms with van der Waals surface area (Å²) >= 11 is 0. The molecule has 6 heteroatoms. The van der Waals surface area contributed by atoms with Gasteiger partial charge in [-0.25, -0.2) is 0 Å². The van der Waals surface area contributed by atoms with Crippen molar-refractivity contribution < 1.29 is 30.6 Å². The molecule has 33 heavy (non-hydrogen) atoms. The molecule has 0 heterocycles. The Hall–Kier alpha value is -0.240. The zero-order chi connectivity index (χ0) is 24.5. The molecule has 192 valence electrons. The minimum Gasteiger partial charge on any atom is -0.393 e. The van der Waals surface area contributed by atoms with Gasteiger partial charge in [0.25, 0.3) is 0 Å². The van der Waals surface area contributed by atoms with Crippen LogP contribution in [0.15, 0.2) is 0 Å². The normalized spacial score (nSPS) is 53.8. The Labute approximate surface area is 199 Å².